The number of halogens is 1. The lowest BCUT2D eigenvalue weighted by Gasteiger charge is -2.17. The van der Waals surface area contributed by atoms with Crippen molar-refractivity contribution < 1.29 is 9.18 Å². The Labute approximate surface area is 145 Å². The zero-order valence-corrected chi connectivity index (χ0v) is 13.7. The summed E-state index contributed by atoms with van der Waals surface area (Å²) >= 11 is 0. The second-order valence-electron chi connectivity index (χ2n) is 5.52. The molecule has 0 unspecified atom stereocenters. The number of nitrogens with one attached hydrogen (secondary N) is 1. The van der Waals surface area contributed by atoms with E-state index in [9.17, 15) is 9.18 Å². The van der Waals surface area contributed by atoms with Crippen molar-refractivity contribution in [2.75, 3.05) is 17.3 Å². The fourth-order valence-electron chi connectivity index (χ4n) is 2.33. The van der Waals surface area contributed by atoms with Gasteiger partial charge in [-0.25, -0.2) is 4.39 Å². The molecule has 0 aliphatic heterocycles. The van der Waals surface area contributed by atoms with E-state index in [2.05, 4.69) is 15.5 Å². The molecule has 3 rings (SSSR count). The zero-order chi connectivity index (χ0) is 17.6. The van der Waals surface area contributed by atoms with E-state index in [1.54, 1.807) is 24.3 Å². The van der Waals surface area contributed by atoms with E-state index in [4.69, 9.17) is 0 Å². The molecule has 3 aromatic rings. The van der Waals surface area contributed by atoms with Gasteiger partial charge in [0.25, 0.3) is 0 Å². The van der Waals surface area contributed by atoms with Crippen LogP contribution >= 0.6 is 0 Å². The predicted molar refractivity (Wildman–Crippen MR) is 95.3 cm³/mol. The van der Waals surface area contributed by atoms with E-state index in [1.807, 2.05) is 42.3 Å². The van der Waals surface area contributed by atoms with Gasteiger partial charge in [-0.2, -0.15) is 0 Å². The number of hydrogen-bond donors (Lipinski definition) is 1. The van der Waals surface area contributed by atoms with Crippen LogP contribution in [0, 0.1) is 5.82 Å². The van der Waals surface area contributed by atoms with E-state index in [-0.39, 0.29) is 18.1 Å². The molecule has 1 N–H and O–H groups in total. The summed E-state index contributed by atoms with van der Waals surface area (Å²) in [5, 5.41) is 10.9. The fraction of sp³-hybridized carbons (Fsp3) is 0.105. The Hall–Kier alpha value is -3.28. The maximum absolute atomic E-state index is 12.9. The first-order valence-electron chi connectivity index (χ1n) is 7.78. The minimum Gasteiger partial charge on any atom is -0.328 e. The number of anilines is 3. The first-order chi connectivity index (χ1) is 12.1. The molecule has 0 aliphatic rings. The summed E-state index contributed by atoms with van der Waals surface area (Å²) in [6, 6.07) is 19.1. The molecule has 2 aromatic carbocycles. The highest BCUT2D eigenvalue weighted by Gasteiger charge is 2.08. The Bertz CT molecular complexity index is 836. The van der Waals surface area contributed by atoms with Crippen LogP contribution in [0.1, 0.15) is 5.56 Å². The fourth-order valence-corrected chi connectivity index (χ4v) is 2.33. The summed E-state index contributed by atoms with van der Waals surface area (Å²) in [7, 11) is 1.89. The predicted octanol–water partition coefficient (Wildman–Crippen LogP) is 3.56. The summed E-state index contributed by atoms with van der Waals surface area (Å²) in [6.07, 6.45) is 0.146. The van der Waals surface area contributed by atoms with Crippen molar-refractivity contribution in [2.24, 2.45) is 0 Å². The molecule has 5 nitrogen and oxygen atoms in total. The molecule has 1 heterocycles. The lowest BCUT2D eigenvalue weighted by molar-refractivity contribution is -0.115. The van der Waals surface area contributed by atoms with Crippen LogP contribution in [-0.4, -0.2) is 23.2 Å². The lowest BCUT2D eigenvalue weighted by Crippen LogP contribution is -2.17. The second kappa shape index (κ2) is 7.53. The molecule has 126 valence electrons. The number of benzene rings is 2. The zero-order valence-electron chi connectivity index (χ0n) is 13.7. The first kappa shape index (κ1) is 16.6. The van der Waals surface area contributed by atoms with Gasteiger partial charge in [-0.15, -0.1) is 10.2 Å². The Kier molecular flexibility index (Phi) is 4.99. The second-order valence-corrected chi connectivity index (χ2v) is 5.52. The van der Waals surface area contributed by atoms with Crippen molar-refractivity contribution in [3.63, 3.8) is 0 Å². The van der Waals surface area contributed by atoms with Gasteiger partial charge in [0.1, 0.15) is 5.82 Å². The summed E-state index contributed by atoms with van der Waals surface area (Å²) in [5.41, 5.74) is 1.72. The molecular weight excluding hydrogens is 319 g/mol. The highest BCUT2D eigenvalue weighted by molar-refractivity contribution is 5.91. The van der Waals surface area contributed by atoms with Crippen LogP contribution in [0.5, 0.6) is 0 Å². The van der Waals surface area contributed by atoms with Crippen LogP contribution in [-0.2, 0) is 11.2 Å². The number of carbonyl (C=O) groups is 1. The molecule has 1 amide bonds. The van der Waals surface area contributed by atoms with Crippen molar-refractivity contribution in [2.45, 2.75) is 6.42 Å². The standard InChI is InChI=1S/C19H17FN4O/c1-24(16-5-3-2-4-6-16)18-12-11-17(22-23-18)21-19(25)13-14-7-9-15(20)10-8-14/h2-12H,13H2,1H3,(H,21,22,25). The minimum atomic E-state index is -0.326. The summed E-state index contributed by atoms with van der Waals surface area (Å²) in [5.74, 6) is 0.485. The van der Waals surface area contributed by atoms with Crippen molar-refractivity contribution in [1.29, 1.82) is 0 Å². The Balaban J connectivity index is 1.62. The average Bonchev–Trinajstić information content (AvgIpc) is 2.64. The van der Waals surface area contributed by atoms with Crippen LogP contribution < -0.4 is 10.2 Å². The largest absolute Gasteiger partial charge is 0.328 e. The van der Waals surface area contributed by atoms with Crippen molar-refractivity contribution >= 4 is 23.2 Å². The molecule has 0 fully saturated rings. The van der Waals surface area contributed by atoms with Crippen LogP contribution in [0.3, 0.4) is 0 Å². The monoisotopic (exact) mass is 336 g/mol. The van der Waals surface area contributed by atoms with Crippen LogP contribution in [0.2, 0.25) is 0 Å². The number of rotatable bonds is 5. The van der Waals surface area contributed by atoms with Crippen molar-refractivity contribution in [3.8, 4) is 0 Å². The minimum absolute atomic E-state index is 0.146. The third-order valence-corrected chi connectivity index (χ3v) is 3.68. The number of aromatic nitrogens is 2. The maximum Gasteiger partial charge on any atom is 0.229 e. The van der Waals surface area contributed by atoms with Crippen LogP contribution in [0.25, 0.3) is 0 Å². The van der Waals surface area contributed by atoms with Gasteiger partial charge in [0, 0.05) is 12.7 Å². The summed E-state index contributed by atoms with van der Waals surface area (Å²) in [4.78, 5) is 13.9. The summed E-state index contributed by atoms with van der Waals surface area (Å²) in [6.45, 7) is 0. The number of amides is 1. The Morgan fingerprint density at radius 1 is 1.00 bits per heavy atom. The van der Waals surface area contributed by atoms with E-state index in [0.29, 0.717) is 11.6 Å². The number of para-hydroxylation sites is 1. The molecule has 6 heteroatoms. The third-order valence-electron chi connectivity index (χ3n) is 3.68. The summed E-state index contributed by atoms with van der Waals surface area (Å²) < 4.78 is 12.9. The van der Waals surface area contributed by atoms with Gasteiger partial charge < -0.3 is 10.2 Å². The third kappa shape index (κ3) is 4.38. The van der Waals surface area contributed by atoms with Crippen LogP contribution in [0.4, 0.5) is 21.7 Å². The van der Waals surface area contributed by atoms with Gasteiger partial charge in [-0.05, 0) is 42.0 Å². The molecule has 0 saturated heterocycles. The highest BCUT2D eigenvalue weighted by atomic mass is 19.1. The molecule has 0 radical (unpaired) electrons. The molecule has 0 atom stereocenters. The molecule has 25 heavy (non-hydrogen) atoms. The van der Waals surface area contributed by atoms with Crippen LogP contribution in [0.15, 0.2) is 66.7 Å². The lowest BCUT2D eigenvalue weighted by atomic mass is 10.1. The van der Waals surface area contributed by atoms with E-state index >= 15 is 0 Å². The molecule has 0 spiro atoms. The van der Waals surface area contributed by atoms with Crippen molar-refractivity contribution in [1.82, 2.24) is 10.2 Å². The van der Waals surface area contributed by atoms with Gasteiger partial charge in [0.15, 0.2) is 11.6 Å². The van der Waals surface area contributed by atoms with Gasteiger partial charge in [-0.3, -0.25) is 4.79 Å². The van der Waals surface area contributed by atoms with Gasteiger partial charge in [0.2, 0.25) is 5.91 Å². The smallest absolute Gasteiger partial charge is 0.229 e. The Morgan fingerprint density at radius 3 is 2.36 bits per heavy atom. The maximum atomic E-state index is 12.9. The topological polar surface area (TPSA) is 58.1 Å². The van der Waals surface area contributed by atoms with E-state index in [0.717, 1.165) is 11.3 Å². The Morgan fingerprint density at radius 2 is 1.72 bits per heavy atom. The molecule has 1 aromatic heterocycles. The average molecular weight is 336 g/mol. The molecular formula is C19H17FN4O. The first-order valence-corrected chi connectivity index (χ1v) is 7.78. The molecule has 0 saturated carbocycles. The van der Waals surface area contributed by atoms with Gasteiger partial charge >= 0.3 is 0 Å². The highest BCUT2D eigenvalue weighted by Crippen LogP contribution is 2.20. The number of hydrogen-bond acceptors (Lipinski definition) is 4. The normalized spacial score (nSPS) is 10.3. The molecule has 0 bridgehead atoms. The van der Waals surface area contributed by atoms with Crippen molar-refractivity contribution in [3.05, 3.63) is 78.1 Å². The SMILES string of the molecule is CN(c1ccccc1)c1ccc(NC(=O)Cc2ccc(F)cc2)nn1. The van der Waals surface area contributed by atoms with E-state index < -0.39 is 0 Å². The van der Waals surface area contributed by atoms with Gasteiger partial charge in [-0.1, -0.05) is 30.3 Å². The number of nitrogens with zero attached hydrogens (tertiary/aromatic N) is 3. The quantitative estimate of drug-likeness (QED) is 0.774. The number of carbonyl (C=O) groups excluding carboxylic acids is 1. The molecule has 0 aliphatic carbocycles. The van der Waals surface area contributed by atoms with Gasteiger partial charge in [0.05, 0.1) is 6.42 Å². The van der Waals surface area contributed by atoms with E-state index in [1.165, 1.54) is 12.1 Å².